The van der Waals surface area contributed by atoms with E-state index >= 15 is 0 Å². The number of hydrogen-bond donors (Lipinski definition) is 4. The van der Waals surface area contributed by atoms with Gasteiger partial charge in [0, 0.05) is 20.1 Å². The van der Waals surface area contributed by atoms with Gasteiger partial charge in [0.15, 0.2) is 0 Å². The molecule has 0 aliphatic rings. The van der Waals surface area contributed by atoms with Gasteiger partial charge in [-0.05, 0) is 38.3 Å². The fourth-order valence-electron chi connectivity index (χ4n) is 0.859. The lowest BCUT2D eigenvalue weighted by Gasteiger charge is -2.29. The summed E-state index contributed by atoms with van der Waals surface area (Å²) < 4.78 is 10.4. The van der Waals surface area contributed by atoms with E-state index in [1.165, 1.54) is 0 Å². The molecule has 0 fully saturated rings. The number of nitrogens with one attached hydrogen (secondary N) is 1. The monoisotopic (exact) mass is 270 g/mol. The molecular weight excluding hydrogens is 252 g/mol. The number of rotatable bonds is 5. The van der Waals surface area contributed by atoms with Crippen LogP contribution in [0.4, 0.5) is 0 Å². The maximum atomic E-state index is 8.80. The summed E-state index contributed by atoms with van der Waals surface area (Å²) >= 11 is 8.33. The van der Waals surface area contributed by atoms with Gasteiger partial charge in [0.25, 0.3) is 10.3 Å². The Bertz CT molecular complexity index is 216. The SMILES string of the molecule is CCOC(C)(NC(O)=S)OCC.NC(O)=S. The highest BCUT2D eigenvalue weighted by Crippen LogP contribution is 2.07. The van der Waals surface area contributed by atoms with Crippen LogP contribution in [0.1, 0.15) is 20.8 Å². The molecule has 0 spiro atoms. The largest absolute Gasteiger partial charge is 0.487 e. The maximum Gasteiger partial charge on any atom is 0.258 e. The Morgan fingerprint density at radius 2 is 1.56 bits per heavy atom. The predicted octanol–water partition coefficient (Wildman–Crippen LogP) is 0.954. The molecule has 0 aromatic carbocycles. The molecular formula is C8H18N2O4S2. The number of hydrogen-bond acceptors (Lipinski definition) is 4. The average Bonchev–Trinajstić information content (AvgIpc) is 2.00. The number of thiocarbonyl (C=S) groups is 2. The Kier molecular flexibility index (Phi) is 10.5. The second-order valence-electron chi connectivity index (χ2n) is 2.58. The number of aliphatic hydroxyl groups excluding tert-OH is 2. The molecule has 0 atom stereocenters. The summed E-state index contributed by atoms with van der Waals surface area (Å²) in [7, 11) is 0. The van der Waals surface area contributed by atoms with Crippen LogP contribution in [0.3, 0.4) is 0 Å². The highest BCUT2D eigenvalue weighted by atomic mass is 32.1. The Hall–Kier alpha value is -0.700. The third-order valence-electron chi connectivity index (χ3n) is 1.17. The van der Waals surface area contributed by atoms with E-state index in [0.29, 0.717) is 13.2 Å². The molecule has 0 unspecified atom stereocenters. The maximum absolute atomic E-state index is 8.80. The topological polar surface area (TPSA) is 97.0 Å². The van der Waals surface area contributed by atoms with Crippen LogP contribution in [0.25, 0.3) is 0 Å². The summed E-state index contributed by atoms with van der Waals surface area (Å²) in [5.74, 6) is -1.02. The van der Waals surface area contributed by atoms with Gasteiger partial charge in [-0.15, -0.1) is 0 Å². The van der Waals surface area contributed by atoms with Crippen LogP contribution >= 0.6 is 24.4 Å². The molecule has 96 valence electrons. The zero-order chi connectivity index (χ0) is 13.2. The standard InChI is InChI=1S/C7H15NO3S.CH3NOS/c1-4-10-7(3,11-5-2)8-6(9)12;2-1(3)4/h4-5H2,1-3H3,(H2,8,9,12);(H3,2,3,4). The molecule has 0 radical (unpaired) electrons. The van der Waals surface area contributed by atoms with Gasteiger partial charge in [0.05, 0.1) is 0 Å². The molecule has 0 aliphatic heterocycles. The quantitative estimate of drug-likeness (QED) is 0.433. The number of nitrogens with two attached hydrogens (primary N) is 1. The number of ether oxygens (including phenoxy) is 2. The van der Waals surface area contributed by atoms with E-state index in [1.807, 2.05) is 13.8 Å². The predicted molar refractivity (Wildman–Crippen MR) is 69.4 cm³/mol. The molecule has 6 nitrogen and oxygen atoms in total. The first-order chi connectivity index (χ1) is 7.27. The lowest BCUT2D eigenvalue weighted by atomic mass is 10.5. The summed E-state index contributed by atoms with van der Waals surface area (Å²) in [6.45, 7) is 6.28. The van der Waals surface area contributed by atoms with Crippen molar-refractivity contribution < 1.29 is 19.7 Å². The Labute approximate surface area is 106 Å². The van der Waals surface area contributed by atoms with E-state index in [-0.39, 0.29) is 5.17 Å². The van der Waals surface area contributed by atoms with Crippen LogP contribution in [0.2, 0.25) is 0 Å². The Morgan fingerprint density at radius 1 is 1.25 bits per heavy atom. The first-order valence-electron chi connectivity index (χ1n) is 4.54. The molecule has 0 aromatic rings. The van der Waals surface area contributed by atoms with Crippen molar-refractivity contribution in [3.63, 3.8) is 0 Å². The minimum absolute atomic E-state index is 0.334. The van der Waals surface area contributed by atoms with Crippen molar-refractivity contribution in [2.75, 3.05) is 13.2 Å². The van der Waals surface area contributed by atoms with Gasteiger partial charge in [-0.2, -0.15) is 0 Å². The second-order valence-corrected chi connectivity index (χ2v) is 3.39. The molecule has 0 amide bonds. The lowest BCUT2D eigenvalue weighted by molar-refractivity contribution is -0.231. The fraction of sp³-hybridized carbons (Fsp3) is 0.750. The molecule has 0 aromatic heterocycles. The van der Waals surface area contributed by atoms with Crippen LogP contribution < -0.4 is 11.1 Å². The zero-order valence-corrected chi connectivity index (χ0v) is 11.2. The van der Waals surface area contributed by atoms with Crippen LogP contribution in [-0.2, 0) is 9.47 Å². The highest BCUT2D eigenvalue weighted by molar-refractivity contribution is 7.80. The highest BCUT2D eigenvalue weighted by Gasteiger charge is 2.25. The first kappa shape index (κ1) is 17.7. The summed E-state index contributed by atoms with van der Waals surface area (Å²) in [6, 6.07) is 0. The van der Waals surface area contributed by atoms with Gasteiger partial charge in [-0.1, -0.05) is 0 Å². The summed E-state index contributed by atoms with van der Waals surface area (Å²) in [6.07, 6.45) is 0. The summed E-state index contributed by atoms with van der Waals surface area (Å²) in [5.41, 5.74) is 4.40. The molecule has 0 heterocycles. The molecule has 16 heavy (non-hydrogen) atoms. The fourth-order valence-corrected chi connectivity index (χ4v) is 1.04. The van der Waals surface area contributed by atoms with E-state index in [4.69, 9.17) is 19.7 Å². The van der Waals surface area contributed by atoms with Crippen molar-refractivity contribution in [2.45, 2.75) is 26.7 Å². The Balaban J connectivity index is 0. The second kappa shape index (κ2) is 9.52. The third-order valence-corrected chi connectivity index (χ3v) is 1.28. The lowest BCUT2D eigenvalue weighted by Crippen LogP contribution is -2.49. The van der Waals surface area contributed by atoms with Gasteiger partial charge in [-0.3, -0.25) is 5.32 Å². The van der Waals surface area contributed by atoms with Gasteiger partial charge >= 0.3 is 0 Å². The number of aliphatic hydroxyl groups is 2. The van der Waals surface area contributed by atoms with Crippen LogP contribution in [0.15, 0.2) is 0 Å². The molecule has 5 N–H and O–H groups in total. The molecule has 8 heteroatoms. The summed E-state index contributed by atoms with van der Waals surface area (Å²) in [4.78, 5) is 0. The van der Waals surface area contributed by atoms with E-state index in [9.17, 15) is 0 Å². The minimum Gasteiger partial charge on any atom is -0.487 e. The van der Waals surface area contributed by atoms with Crippen molar-refractivity contribution in [2.24, 2.45) is 5.73 Å². The molecule has 0 aliphatic carbocycles. The molecule has 0 saturated carbocycles. The normalized spacial score (nSPS) is 9.94. The average molecular weight is 270 g/mol. The van der Waals surface area contributed by atoms with Crippen LogP contribution in [-0.4, -0.2) is 39.7 Å². The van der Waals surface area contributed by atoms with Crippen LogP contribution in [0, 0.1) is 0 Å². The van der Waals surface area contributed by atoms with Crippen molar-refractivity contribution in [3.05, 3.63) is 0 Å². The van der Waals surface area contributed by atoms with Gasteiger partial charge < -0.3 is 25.4 Å². The first-order valence-corrected chi connectivity index (χ1v) is 5.36. The van der Waals surface area contributed by atoms with Crippen molar-refractivity contribution in [1.29, 1.82) is 0 Å². The summed E-state index contributed by atoms with van der Waals surface area (Å²) in [5, 5.41) is 18.0. The van der Waals surface area contributed by atoms with Gasteiger partial charge in [0.2, 0.25) is 5.91 Å². The minimum atomic E-state index is -1.02. The van der Waals surface area contributed by atoms with Crippen LogP contribution in [0.5, 0.6) is 0 Å². The van der Waals surface area contributed by atoms with E-state index in [0.717, 1.165) is 0 Å². The van der Waals surface area contributed by atoms with E-state index in [1.54, 1.807) is 6.92 Å². The molecule has 0 bridgehead atoms. The van der Waals surface area contributed by atoms with Gasteiger partial charge in [0.1, 0.15) is 0 Å². The van der Waals surface area contributed by atoms with E-state index < -0.39 is 11.1 Å². The van der Waals surface area contributed by atoms with Gasteiger partial charge in [-0.25, -0.2) is 0 Å². The smallest absolute Gasteiger partial charge is 0.258 e. The van der Waals surface area contributed by atoms with Crippen molar-refractivity contribution >= 4 is 34.8 Å². The Morgan fingerprint density at radius 3 is 1.75 bits per heavy atom. The third kappa shape index (κ3) is 13.3. The van der Waals surface area contributed by atoms with E-state index in [2.05, 4.69) is 35.5 Å². The molecule has 0 saturated heterocycles. The zero-order valence-electron chi connectivity index (χ0n) is 9.52. The van der Waals surface area contributed by atoms with Crippen molar-refractivity contribution in [3.8, 4) is 0 Å². The molecule has 0 rings (SSSR count). The van der Waals surface area contributed by atoms with Crippen molar-refractivity contribution in [1.82, 2.24) is 5.32 Å².